The third kappa shape index (κ3) is 3.63. The molecule has 0 spiro atoms. The number of amides is 1. The molecule has 1 unspecified atom stereocenters. The number of likely N-dealkylation sites (tertiary alicyclic amines) is 1. The molecule has 3 atom stereocenters. The molecule has 3 aliphatic rings. The number of carbonyl (C=O) groups excluding carboxylic acids is 2. The van der Waals surface area contributed by atoms with Crippen LogP contribution < -0.4 is 5.32 Å². The molecule has 0 bridgehead atoms. The largest absolute Gasteiger partial charge is 0.341 e. The molecular weight excluding hydrogens is 332 g/mol. The van der Waals surface area contributed by atoms with Crippen LogP contribution in [0.3, 0.4) is 0 Å². The Balaban J connectivity index is 1.38. The molecule has 2 saturated heterocycles. The van der Waals surface area contributed by atoms with E-state index in [1.807, 2.05) is 4.90 Å². The topological polar surface area (TPSA) is 49.4 Å². The van der Waals surface area contributed by atoms with Crippen LogP contribution in [0.25, 0.3) is 0 Å². The number of fused-ring (bicyclic) bond motifs is 1. The molecule has 2 aliphatic heterocycles. The monoisotopic (exact) mass is 358 g/mol. The van der Waals surface area contributed by atoms with Crippen molar-refractivity contribution in [1.82, 2.24) is 10.2 Å². The number of Topliss-reactive ketones (excluding diaryl/α,β-unsaturated/α-hetero) is 1. The van der Waals surface area contributed by atoms with Crippen LogP contribution in [0, 0.1) is 5.92 Å². The molecule has 0 aromatic heterocycles. The Kier molecular flexibility index (Phi) is 5.13. The van der Waals surface area contributed by atoms with E-state index in [0.717, 1.165) is 45.2 Å². The molecular formula is C20H26N2O2S. The number of rotatable bonds is 4. The Labute approximate surface area is 153 Å². The molecule has 2 fully saturated rings. The van der Waals surface area contributed by atoms with E-state index in [0.29, 0.717) is 18.2 Å². The second-order valence-corrected chi connectivity index (χ2v) is 8.62. The lowest BCUT2D eigenvalue weighted by Gasteiger charge is -2.27. The van der Waals surface area contributed by atoms with Crippen LogP contribution in [0.1, 0.15) is 36.8 Å². The summed E-state index contributed by atoms with van der Waals surface area (Å²) in [5.74, 6) is 1.52. The van der Waals surface area contributed by atoms with Crippen LogP contribution in [-0.2, 0) is 22.4 Å². The first kappa shape index (κ1) is 17.1. The fourth-order valence-corrected chi connectivity index (χ4v) is 5.55. The van der Waals surface area contributed by atoms with Crippen molar-refractivity contribution in [3.8, 4) is 0 Å². The molecule has 134 valence electrons. The van der Waals surface area contributed by atoms with Gasteiger partial charge in [0.05, 0.1) is 5.25 Å². The lowest BCUT2D eigenvalue weighted by Crippen LogP contribution is -2.49. The number of carbonyl (C=O) groups is 2. The van der Waals surface area contributed by atoms with Crippen molar-refractivity contribution in [1.29, 1.82) is 0 Å². The Morgan fingerprint density at radius 3 is 2.72 bits per heavy atom. The summed E-state index contributed by atoms with van der Waals surface area (Å²) in [7, 11) is 0. The smallest absolute Gasteiger partial charge is 0.241 e. The molecule has 1 aliphatic carbocycles. The highest BCUT2D eigenvalue weighted by Crippen LogP contribution is 2.31. The predicted molar refractivity (Wildman–Crippen MR) is 101 cm³/mol. The predicted octanol–water partition coefficient (Wildman–Crippen LogP) is 2.40. The van der Waals surface area contributed by atoms with Gasteiger partial charge in [0.1, 0.15) is 11.8 Å². The van der Waals surface area contributed by atoms with Gasteiger partial charge in [-0.3, -0.25) is 14.9 Å². The fraction of sp³-hybridized carbons (Fsp3) is 0.600. The van der Waals surface area contributed by atoms with Crippen LogP contribution in [0.2, 0.25) is 0 Å². The number of nitrogens with one attached hydrogen (secondary N) is 1. The summed E-state index contributed by atoms with van der Waals surface area (Å²) in [6.45, 7) is 1.70. The molecule has 1 aromatic carbocycles. The molecule has 1 aromatic rings. The maximum Gasteiger partial charge on any atom is 0.241 e. The zero-order chi connectivity index (χ0) is 17.2. The highest BCUT2D eigenvalue weighted by Gasteiger charge is 2.41. The molecule has 25 heavy (non-hydrogen) atoms. The van der Waals surface area contributed by atoms with Gasteiger partial charge in [0.25, 0.3) is 0 Å². The van der Waals surface area contributed by atoms with Gasteiger partial charge >= 0.3 is 0 Å². The summed E-state index contributed by atoms with van der Waals surface area (Å²) in [6, 6.07) is 8.27. The first-order valence-corrected chi connectivity index (χ1v) is 10.5. The fourth-order valence-electron chi connectivity index (χ4n) is 4.41. The number of hydrogen-bond donors (Lipinski definition) is 1. The van der Waals surface area contributed by atoms with E-state index in [-0.39, 0.29) is 23.0 Å². The number of nitrogens with zero attached hydrogens (tertiary/aromatic N) is 1. The normalized spacial score (nSPS) is 28.8. The quantitative estimate of drug-likeness (QED) is 0.898. The number of ketones is 1. The van der Waals surface area contributed by atoms with E-state index in [4.69, 9.17) is 0 Å². The highest BCUT2D eigenvalue weighted by molar-refractivity contribution is 8.00. The van der Waals surface area contributed by atoms with Gasteiger partial charge in [0, 0.05) is 25.4 Å². The average Bonchev–Trinajstić information content (AvgIpc) is 3.33. The third-order valence-corrected chi connectivity index (χ3v) is 7.04. The van der Waals surface area contributed by atoms with Crippen molar-refractivity contribution < 1.29 is 9.59 Å². The van der Waals surface area contributed by atoms with Crippen molar-refractivity contribution >= 4 is 23.5 Å². The van der Waals surface area contributed by atoms with E-state index in [9.17, 15) is 9.59 Å². The highest BCUT2D eigenvalue weighted by atomic mass is 32.2. The standard InChI is InChI=1S/C20H26N2O2S/c23-17(12-14-7-8-15-5-1-2-6-16(15)11-14)19-18(21-13-25-19)20(24)22-9-3-4-10-22/h1-2,5-6,14,18-19,21H,3-4,7-13H2/t14-,18+,19?/m0/s1. The van der Waals surface area contributed by atoms with Crippen LogP contribution in [0.4, 0.5) is 0 Å². The minimum atomic E-state index is -0.313. The van der Waals surface area contributed by atoms with E-state index >= 15 is 0 Å². The van der Waals surface area contributed by atoms with Crippen LogP contribution in [-0.4, -0.2) is 46.8 Å². The lowest BCUT2D eigenvalue weighted by molar-refractivity contribution is -0.134. The molecule has 5 heteroatoms. The van der Waals surface area contributed by atoms with Gasteiger partial charge in [-0.05, 0) is 49.1 Å². The SMILES string of the molecule is O=C(C[C@H]1CCc2ccccc2C1)C1SCN[C@H]1C(=O)N1CCCC1. The van der Waals surface area contributed by atoms with Crippen molar-refractivity contribution in [2.75, 3.05) is 19.0 Å². The Hall–Kier alpha value is -1.33. The van der Waals surface area contributed by atoms with E-state index < -0.39 is 0 Å². The van der Waals surface area contributed by atoms with Crippen LogP contribution >= 0.6 is 11.8 Å². The number of hydrogen-bond acceptors (Lipinski definition) is 4. The van der Waals surface area contributed by atoms with Gasteiger partial charge in [-0.2, -0.15) is 0 Å². The van der Waals surface area contributed by atoms with Gasteiger partial charge in [-0.1, -0.05) is 24.3 Å². The summed E-state index contributed by atoms with van der Waals surface area (Å²) < 4.78 is 0. The zero-order valence-corrected chi connectivity index (χ0v) is 15.4. The van der Waals surface area contributed by atoms with E-state index in [1.54, 1.807) is 11.8 Å². The minimum absolute atomic E-state index is 0.134. The van der Waals surface area contributed by atoms with Crippen molar-refractivity contribution in [2.45, 2.75) is 49.8 Å². The van der Waals surface area contributed by atoms with E-state index in [2.05, 4.69) is 29.6 Å². The van der Waals surface area contributed by atoms with Crippen molar-refractivity contribution in [3.63, 3.8) is 0 Å². The maximum absolute atomic E-state index is 12.9. The summed E-state index contributed by atoms with van der Waals surface area (Å²) >= 11 is 1.61. The Morgan fingerprint density at radius 1 is 1.16 bits per heavy atom. The summed E-state index contributed by atoms with van der Waals surface area (Å²) in [4.78, 5) is 27.6. The zero-order valence-electron chi connectivity index (χ0n) is 14.6. The Morgan fingerprint density at radius 2 is 1.92 bits per heavy atom. The average molecular weight is 359 g/mol. The molecule has 0 radical (unpaired) electrons. The molecule has 2 heterocycles. The van der Waals surface area contributed by atoms with Crippen molar-refractivity contribution in [3.05, 3.63) is 35.4 Å². The van der Waals surface area contributed by atoms with Crippen LogP contribution in [0.15, 0.2) is 24.3 Å². The van der Waals surface area contributed by atoms with Gasteiger partial charge in [-0.15, -0.1) is 11.8 Å². The third-order valence-electron chi connectivity index (χ3n) is 5.81. The van der Waals surface area contributed by atoms with Gasteiger partial charge in [-0.25, -0.2) is 0 Å². The number of aryl methyl sites for hydroxylation is 1. The summed E-state index contributed by atoms with van der Waals surface area (Å²) in [5, 5.41) is 3.06. The van der Waals surface area contributed by atoms with Crippen molar-refractivity contribution in [2.24, 2.45) is 5.92 Å². The second kappa shape index (κ2) is 7.50. The van der Waals surface area contributed by atoms with E-state index in [1.165, 1.54) is 11.1 Å². The van der Waals surface area contributed by atoms with Gasteiger partial charge in [0.15, 0.2) is 0 Å². The Bertz CT molecular complexity index is 657. The molecule has 4 rings (SSSR count). The minimum Gasteiger partial charge on any atom is -0.341 e. The molecule has 1 amide bonds. The number of thioether (sulfide) groups is 1. The summed E-state index contributed by atoms with van der Waals surface area (Å²) in [5.41, 5.74) is 2.83. The lowest BCUT2D eigenvalue weighted by atomic mass is 9.81. The summed E-state index contributed by atoms with van der Waals surface area (Å²) in [6.07, 6.45) is 5.94. The molecule has 4 nitrogen and oxygen atoms in total. The van der Waals surface area contributed by atoms with Gasteiger partial charge in [0.2, 0.25) is 5.91 Å². The number of benzene rings is 1. The molecule has 1 N–H and O–H groups in total. The maximum atomic E-state index is 12.9. The van der Waals surface area contributed by atoms with Crippen LogP contribution in [0.5, 0.6) is 0 Å². The second-order valence-electron chi connectivity index (χ2n) is 7.49. The molecule has 0 saturated carbocycles. The van der Waals surface area contributed by atoms with Gasteiger partial charge < -0.3 is 4.90 Å². The first-order valence-electron chi connectivity index (χ1n) is 9.45. The first-order chi connectivity index (χ1) is 12.2.